The van der Waals surface area contributed by atoms with Gasteiger partial charge in [-0.2, -0.15) is 0 Å². The Labute approximate surface area is 120 Å². The third-order valence-corrected chi connectivity index (χ3v) is 3.17. The van der Waals surface area contributed by atoms with E-state index in [0.717, 1.165) is 17.2 Å². The van der Waals surface area contributed by atoms with Crippen LogP contribution in [0.2, 0.25) is 0 Å². The Kier molecular flexibility index (Phi) is 4.88. The predicted molar refractivity (Wildman–Crippen MR) is 82.6 cm³/mol. The molecular weight excluding hydrogens is 250 g/mol. The number of benzene rings is 2. The molecule has 0 bridgehead atoms. The lowest BCUT2D eigenvalue weighted by Crippen LogP contribution is -2.08. The molecule has 0 aliphatic rings. The van der Waals surface area contributed by atoms with Crippen LogP contribution in [0.1, 0.15) is 25.5 Å². The van der Waals surface area contributed by atoms with Crippen LogP contribution < -0.4 is 14.8 Å². The van der Waals surface area contributed by atoms with Crippen molar-refractivity contribution in [3.8, 4) is 11.5 Å². The van der Waals surface area contributed by atoms with Crippen LogP contribution in [-0.4, -0.2) is 13.7 Å². The minimum atomic E-state index is 0.197. The highest BCUT2D eigenvalue weighted by Crippen LogP contribution is 2.28. The molecule has 3 heteroatoms. The molecule has 1 atom stereocenters. The summed E-state index contributed by atoms with van der Waals surface area (Å²) in [6.45, 7) is 4.78. The summed E-state index contributed by atoms with van der Waals surface area (Å²) in [7, 11) is 1.68. The number of methoxy groups -OCH3 is 1. The van der Waals surface area contributed by atoms with Gasteiger partial charge in [0.1, 0.15) is 11.5 Å². The summed E-state index contributed by atoms with van der Waals surface area (Å²) in [4.78, 5) is 0. The van der Waals surface area contributed by atoms with E-state index >= 15 is 0 Å². The minimum absolute atomic E-state index is 0.197. The van der Waals surface area contributed by atoms with E-state index in [-0.39, 0.29) is 6.04 Å². The Balaban J connectivity index is 2.12. The van der Waals surface area contributed by atoms with Gasteiger partial charge in [-0.15, -0.1) is 0 Å². The summed E-state index contributed by atoms with van der Waals surface area (Å²) >= 11 is 0. The zero-order valence-corrected chi connectivity index (χ0v) is 12.2. The van der Waals surface area contributed by atoms with Gasteiger partial charge in [-0.1, -0.05) is 24.3 Å². The monoisotopic (exact) mass is 271 g/mol. The molecule has 0 aromatic heterocycles. The molecule has 0 saturated carbocycles. The first kappa shape index (κ1) is 14.3. The van der Waals surface area contributed by atoms with Crippen LogP contribution in [0.5, 0.6) is 11.5 Å². The maximum atomic E-state index is 5.63. The summed E-state index contributed by atoms with van der Waals surface area (Å²) in [5, 5.41) is 3.48. The van der Waals surface area contributed by atoms with Crippen molar-refractivity contribution in [2.24, 2.45) is 0 Å². The quantitative estimate of drug-likeness (QED) is 0.851. The van der Waals surface area contributed by atoms with Gasteiger partial charge in [-0.05, 0) is 43.7 Å². The Hall–Kier alpha value is -2.16. The molecular formula is C17H21NO2. The zero-order chi connectivity index (χ0) is 14.4. The van der Waals surface area contributed by atoms with Gasteiger partial charge >= 0.3 is 0 Å². The van der Waals surface area contributed by atoms with E-state index in [1.807, 2.05) is 43.3 Å². The molecule has 0 saturated heterocycles. The maximum absolute atomic E-state index is 5.63. The molecule has 1 unspecified atom stereocenters. The van der Waals surface area contributed by atoms with E-state index < -0.39 is 0 Å². The standard InChI is InChI=1S/C17H21NO2/c1-4-20-17-8-6-5-7-16(17)18-13(2)14-9-11-15(19-3)12-10-14/h5-13,18H,4H2,1-3H3. The number of ether oxygens (including phenoxy) is 2. The fraction of sp³-hybridized carbons (Fsp3) is 0.294. The van der Waals surface area contributed by atoms with E-state index in [2.05, 4.69) is 24.4 Å². The summed E-state index contributed by atoms with van der Waals surface area (Å²) in [5.41, 5.74) is 2.22. The van der Waals surface area contributed by atoms with Crippen molar-refractivity contribution in [2.45, 2.75) is 19.9 Å². The second kappa shape index (κ2) is 6.85. The van der Waals surface area contributed by atoms with Crippen molar-refractivity contribution in [1.82, 2.24) is 0 Å². The van der Waals surface area contributed by atoms with Gasteiger partial charge in [0, 0.05) is 6.04 Å². The van der Waals surface area contributed by atoms with Crippen LogP contribution in [-0.2, 0) is 0 Å². The van der Waals surface area contributed by atoms with E-state index in [4.69, 9.17) is 9.47 Å². The zero-order valence-electron chi connectivity index (χ0n) is 12.2. The number of para-hydroxylation sites is 2. The molecule has 0 heterocycles. The van der Waals surface area contributed by atoms with Crippen molar-refractivity contribution < 1.29 is 9.47 Å². The molecule has 0 aliphatic carbocycles. The van der Waals surface area contributed by atoms with E-state index in [9.17, 15) is 0 Å². The van der Waals surface area contributed by atoms with E-state index in [1.54, 1.807) is 7.11 Å². The highest BCUT2D eigenvalue weighted by atomic mass is 16.5. The number of nitrogens with one attached hydrogen (secondary N) is 1. The summed E-state index contributed by atoms with van der Waals surface area (Å²) in [6, 6.07) is 16.3. The molecule has 20 heavy (non-hydrogen) atoms. The van der Waals surface area contributed by atoms with Gasteiger partial charge in [-0.3, -0.25) is 0 Å². The van der Waals surface area contributed by atoms with Crippen molar-refractivity contribution in [1.29, 1.82) is 0 Å². The van der Waals surface area contributed by atoms with Crippen molar-refractivity contribution in [2.75, 3.05) is 19.0 Å². The Morgan fingerprint density at radius 2 is 1.75 bits per heavy atom. The number of hydrogen-bond donors (Lipinski definition) is 1. The van der Waals surface area contributed by atoms with Crippen LogP contribution in [0, 0.1) is 0 Å². The van der Waals surface area contributed by atoms with Crippen LogP contribution in [0.4, 0.5) is 5.69 Å². The van der Waals surface area contributed by atoms with Gasteiger partial charge in [0.2, 0.25) is 0 Å². The lowest BCUT2D eigenvalue weighted by atomic mass is 10.1. The first-order chi connectivity index (χ1) is 9.74. The molecule has 1 N–H and O–H groups in total. The van der Waals surface area contributed by atoms with Gasteiger partial charge < -0.3 is 14.8 Å². The number of rotatable bonds is 6. The van der Waals surface area contributed by atoms with E-state index in [1.165, 1.54) is 5.56 Å². The second-order valence-electron chi connectivity index (χ2n) is 4.57. The van der Waals surface area contributed by atoms with Gasteiger partial charge in [0.05, 0.1) is 19.4 Å². The maximum Gasteiger partial charge on any atom is 0.142 e. The molecule has 0 spiro atoms. The fourth-order valence-electron chi connectivity index (χ4n) is 2.08. The molecule has 0 radical (unpaired) electrons. The van der Waals surface area contributed by atoms with Crippen LogP contribution in [0.3, 0.4) is 0 Å². The van der Waals surface area contributed by atoms with Crippen LogP contribution in [0.15, 0.2) is 48.5 Å². The highest BCUT2D eigenvalue weighted by molar-refractivity contribution is 5.57. The first-order valence-electron chi connectivity index (χ1n) is 6.87. The van der Waals surface area contributed by atoms with Crippen molar-refractivity contribution in [3.05, 3.63) is 54.1 Å². The van der Waals surface area contributed by atoms with Gasteiger partial charge in [0.15, 0.2) is 0 Å². The van der Waals surface area contributed by atoms with Gasteiger partial charge in [-0.25, -0.2) is 0 Å². The molecule has 0 aliphatic heterocycles. The molecule has 2 aromatic carbocycles. The molecule has 2 aromatic rings. The first-order valence-corrected chi connectivity index (χ1v) is 6.87. The normalized spacial score (nSPS) is 11.8. The Bertz CT molecular complexity index is 537. The average molecular weight is 271 g/mol. The second-order valence-corrected chi connectivity index (χ2v) is 4.57. The minimum Gasteiger partial charge on any atom is -0.497 e. The largest absolute Gasteiger partial charge is 0.497 e. The Morgan fingerprint density at radius 1 is 1.05 bits per heavy atom. The SMILES string of the molecule is CCOc1ccccc1NC(C)c1ccc(OC)cc1. The predicted octanol–water partition coefficient (Wildman–Crippen LogP) is 4.27. The topological polar surface area (TPSA) is 30.5 Å². The summed E-state index contributed by atoms with van der Waals surface area (Å²) in [5.74, 6) is 1.76. The van der Waals surface area contributed by atoms with Crippen molar-refractivity contribution >= 4 is 5.69 Å². The summed E-state index contributed by atoms with van der Waals surface area (Å²) < 4.78 is 10.8. The summed E-state index contributed by atoms with van der Waals surface area (Å²) in [6.07, 6.45) is 0. The highest BCUT2D eigenvalue weighted by Gasteiger charge is 2.08. The molecule has 2 rings (SSSR count). The van der Waals surface area contributed by atoms with Crippen LogP contribution in [0.25, 0.3) is 0 Å². The smallest absolute Gasteiger partial charge is 0.142 e. The molecule has 3 nitrogen and oxygen atoms in total. The average Bonchev–Trinajstić information content (AvgIpc) is 2.49. The number of hydrogen-bond acceptors (Lipinski definition) is 3. The molecule has 0 amide bonds. The fourth-order valence-corrected chi connectivity index (χ4v) is 2.08. The Morgan fingerprint density at radius 3 is 2.40 bits per heavy atom. The third-order valence-electron chi connectivity index (χ3n) is 3.17. The van der Waals surface area contributed by atoms with Crippen LogP contribution >= 0.6 is 0 Å². The van der Waals surface area contributed by atoms with Crippen molar-refractivity contribution in [3.63, 3.8) is 0 Å². The molecule has 0 fully saturated rings. The third kappa shape index (κ3) is 3.44. The lowest BCUT2D eigenvalue weighted by Gasteiger charge is -2.18. The van der Waals surface area contributed by atoms with E-state index in [0.29, 0.717) is 6.61 Å². The molecule has 106 valence electrons. The van der Waals surface area contributed by atoms with Gasteiger partial charge in [0.25, 0.3) is 0 Å². The lowest BCUT2D eigenvalue weighted by molar-refractivity contribution is 0.341. The number of anilines is 1.